The van der Waals surface area contributed by atoms with Gasteiger partial charge >= 0.3 is 5.97 Å². The van der Waals surface area contributed by atoms with Gasteiger partial charge in [-0.15, -0.1) is 0 Å². The summed E-state index contributed by atoms with van der Waals surface area (Å²) in [7, 11) is 1.99. The monoisotopic (exact) mass is 247 g/mol. The van der Waals surface area contributed by atoms with E-state index in [1.807, 2.05) is 13.1 Å². The SMILES string of the molecule is CN1CCc2c1ccc(C1(C(=O)O)CCC1)c2O. The van der Waals surface area contributed by atoms with Crippen LogP contribution in [0.2, 0.25) is 0 Å². The van der Waals surface area contributed by atoms with Gasteiger partial charge in [0.25, 0.3) is 0 Å². The van der Waals surface area contributed by atoms with Gasteiger partial charge in [0.15, 0.2) is 0 Å². The number of phenols is 1. The Morgan fingerprint density at radius 2 is 2.11 bits per heavy atom. The molecule has 96 valence electrons. The minimum absolute atomic E-state index is 0.207. The molecule has 18 heavy (non-hydrogen) atoms. The molecule has 4 nitrogen and oxygen atoms in total. The van der Waals surface area contributed by atoms with Gasteiger partial charge in [-0.05, 0) is 25.3 Å². The van der Waals surface area contributed by atoms with Crippen LogP contribution < -0.4 is 4.90 Å². The van der Waals surface area contributed by atoms with E-state index in [1.54, 1.807) is 6.07 Å². The van der Waals surface area contributed by atoms with Crippen LogP contribution >= 0.6 is 0 Å². The summed E-state index contributed by atoms with van der Waals surface area (Å²) in [6.07, 6.45) is 2.97. The van der Waals surface area contributed by atoms with E-state index in [1.165, 1.54) is 0 Å². The van der Waals surface area contributed by atoms with Gasteiger partial charge in [-0.25, -0.2) is 0 Å². The first-order chi connectivity index (χ1) is 8.56. The molecule has 1 saturated carbocycles. The predicted molar refractivity (Wildman–Crippen MR) is 68.2 cm³/mol. The van der Waals surface area contributed by atoms with E-state index < -0.39 is 11.4 Å². The third-order valence-corrected chi connectivity index (χ3v) is 4.50. The standard InChI is InChI=1S/C14H17NO3/c1-15-8-5-9-11(15)4-3-10(12(9)16)14(13(17)18)6-2-7-14/h3-4,16H,2,5-8H2,1H3,(H,17,18). The molecule has 1 aliphatic carbocycles. The molecule has 1 aromatic carbocycles. The molecule has 2 N–H and O–H groups in total. The van der Waals surface area contributed by atoms with Crippen LogP contribution in [-0.4, -0.2) is 29.8 Å². The van der Waals surface area contributed by atoms with Crippen LogP contribution in [0, 0.1) is 0 Å². The normalized spacial score (nSPS) is 20.4. The van der Waals surface area contributed by atoms with Gasteiger partial charge in [0, 0.05) is 30.4 Å². The van der Waals surface area contributed by atoms with Crippen LogP contribution in [0.25, 0.3) is 0 Å². The quantitative estimate of drug-likeness (QED) is 0.837. The number of hydrogen-bond donors (Lipinski definition) is 2. The van der Waals surface area contributed by atoms with E-state index >= 15 is 0 Å². The zero-order valence-electron chi connectivity index (χ0n) is 10.4. The van der Waals surface area contributed by atoms with Crippen molar-refractivity contribution in [2.24, 2.45) is 0 Å². The molecule has 0 amide bonds. The highest BCUT2D eigenvalue weighted by Crippen LogP contribution is 2.50. The molecule has 0 bridgehead atoms. The maximum absolute atomic E-state index is 11.5. The largest absolute Gasteiger partial charge is 0.507 e. The summed E-state index contributed by atoms with van der Waals surface area (Å²) in [4.78, 5) is 13.6. The molecule has 1 aromatic rings. The van der Waals surface area contributed by atoms with Gasteiger partial charge < -0.3 is 15.1 Å². The number of rotatable bonds is 2. The lowest BCUT2D eigenvalue weighted by molar-refractivity contribution is -0.147. The van der Waals surface area contributed by atoms with Crippen molar-refractivity contribution in [2.75, 3.05) is 18.5 Å². The number of carboxylic acid groups (broad SMARTS) is 1. The number of aliphatic carboxylic acids is 1. The second kappa shape index (κ2) is 3.64. The van der Waals surface area contributed by atoms with Crippen molar-refractivity contribution < 1.29 is 15.0 Å². The first-order valence-electron chi connectivity index (χ1n) is 6.36. The Balaban J connectivity index is 2.12. The van der Waals surface area contributed by atoms with Crippen molar-refractivity contribution >= 4 is 11.7 Å². The Morgan fingerprint density at radius 3 is 2.67 bits per heavy atom. The number of anilines is 1. The maximum atomic E-state index is 11.5. The number of phenolic OH excluding ortho intramolecular Hbond substituents is 1. The summed E-state index contributed by atoms with van der Waals surface area (Å²) in [6, 6.07) is 3.74. The van der Waals surface area contributed by atoms with Gasteiger partial charge in [0.2, 0.25) is 0 Å². The predicted octanol–water partition coefficient (Wildman–Crippen LogP) is 1.89. The fourth-order valence-corrected chi connectivity index (χ4v) is 3.14. The highest BCUT2D eigenvalue weighted by molar-refractivity contribution is 5.85. The average Bonchev–Trinajstić information content (AvgIpc) is 2.62. The Hall–Kier alpha value is -1.71. The van der Waals surface area contributed by atoms with Crippen molar-refractivity contribution in [1.29, 1.82) is 0 Å². The number of carbonyl (C=O) groups is 1. The van der Waals surface area contributed by atoms with Gasteiger partial charge in [0.1, 0.15) is 5.75 Å². The Labute approximate surface area is 106 Å². The van der Waals surface area contributed by atoms with Gasteiger partial charge in [0.05, 0.1) is 5.41 Å². The van der Waals surface area contributed by atoms with Gasteiger partial charge in [-0.1, -0.05) is 12.5 Å². The first-order valence-corrected chi connectivity index (χ1v) is 6.36. The lowest BCUT2D eigenvalue weighted by Crippen LogP contribution is -2.42. The Kier molecular flexibility index (Phi) is 2.30. The minimum atomic E-state index is -0.847. The van der Waals surface area contributed by atoms with Crippen LogP contribution in [0.1, 0.15) is 30.4 Å². The molecule has 0 unspecified atom stereocenters. The number of aromatic hydroxyl groups is 1. The average molecular weight is 247 g/mol. The van der Waals surface area contributed by atoms with Gasteiger partial charge in [-0.3, -0.25) is 4.79 Å². The van der Waals surface area contributed by atoms with E-state index in [0.717, 1.165) is 30.6 Å². The maximum Gasteiger partial charge on any atom is 0.314 e. The molecule has 1 aliphatic heterocycles. The highest BCUT2D eigenvalue weighted by atomic mass is 16.4. The fourth-order valence-electron chi connectivity index (χ4n) is 3.14. The van der Waals surface area contributed by atoms with Crippen molar-refractivity contribution in [2.45, 2.75) is 31.1 Å². The molecule has 2 aliphatic rings. The van der Waals surface area contributed by atoms with E-state index in [0.29, 0.717) is 18.4 Å². The number of benzene rings is 1. The first kappa shape index (κ1) is 11.4. The summed E-state index contributed by atoms with van der Waals surface area (Å²) < 4.78 is 0. The third kappa shape index (κ3) is 1.29. The van der Waals surface area contributed by atoms with E-state index in [2.05, 4.69) is 4.90 Å². The molecular weight excluding hydrogens is 230 g/mol. The summed E-state index contributed by atoms with van der Waals surface area (Å²) in [5.74, 6) is -0.602. The summed E-state index contributed by atoms with van der Waals surface area (Å²) in [5, 5.41) is 19.8. The third-order valence-electron chi connectivity index (χ3n) is 4.50. The number of fused-ring (bicyclic) bond motifs is 1. The van der Waals surface area contributed by atoms with Crippen molar-refractivity contribution in [3.63, 3.8) is 0 Å². The highest BCUT2D eigenvalue weighted by Gasteiger charge is 2.48. The Bertz CT molecular complexity index is 520. The molecule has 3 rings (SSSR count). The zero-order valence-corrected chi connectivity index (χ0v) is 10.4. The summed E-state index contributed by atoms with van der Waals surface area (Å²) in [5.41, 5.74) is 1.69. The smallest absolute Gasteiger partial charge is 0.314 e. The zero-order chi connectivity index (χ0) is 12.9. The summed E-state index contributed by atoms with van der Waals surface area (Å²) >= 11 is 0. The molecule has 0 saturated heterocycles. The lowest BCUT2D eigenvalue weighted by Gasteiger charge is -2.38. The molecule has 0 radical (unpaired) electrons. The molecule has 0 aromatic heterocycles. The van der Waals surface area contributed by atoms with Crippen molar-refractivity contribution in [3.8, 4) is 5.75 Å². The van der Waals surface area contributed by atoms with E-state index in [-0.39, 0.29) is 5.75 Å². The minimum Gasteiger partial charge on any atom is -0.507 e. The molecule has 0 atom stereocenters. The van der Waals surface area contributed by atoms with Crippen LogP contribution in [-0.2, 0) is 16.6 Å². The van der Waals surface area contributed by atoms with E-state index in [4.69, 9.17) is 0 Å². The molecule has 1 heterocycles. The number of nitrogens with zero attached hydrogens (tertiary/aromatic N) is 1. The second-order valence-electron chi connectivity index (χ2n) is 5.37. The van der Waals surface area contributed by atoms with Crippen LogP contribution in [0.15, 0.2) is 12.1 Å². The van der Waals surface area contributed by atoms with Crippen LogP contribution in [0.4, 0.5) is 5.69 Å². The van der Waals surface area contributed by atoms with Crippen LogP contribution in [0.3, 0.4) is 0 Å². The topological polar surface area (TPSA) is 60.8 Å². The molecular formula is C14H17NO3. The number of likely N-dealkylation sites (N-methyl/N-ethyl adjacent to an activating group) is 1. The number of hydrogen-bond acceptors (Lipinski definition) is 3. The lowest BCUT2D eigenvalue weighted by atomic mass is 9.64. The molecule has 0 spiro atoms. The van der Waals surface area contributed by atoms with Crippen molar-refractivity contribution in [1.82, 2.24) is 0 Å². The fraction of sp³-hybridized carbons (Fsp3) is 0.500. The van der Waals surface area contributed by atoms with Crippen LogP contribution in [0.5, 0.6) is 5.75 Å². The van der Waals surface area contributed by atoms with E-state index in [9.17, 15) is 15.0 Å². The molecule has 4 heteroatoms. The van der Waals surface area contributed by atoms with Crippen molar-refractivity contribution in [3.05, 3.63) is 23.3 Å². The second-order valence-corrected chi connectivity index (χ2v) is 5.37. The summed E-state index contributed by atoms with van der Waals surface area (Å²) in [6.45, 7) is 0.881. The number of carboxylic acids is 1. The van der Waals surface area contributed by atoms with Gasteiger partial charge in [-0.2, -0.15) is 0 Å². The Morgan fingerprint density at radius 1 is 1.39 bits per heavy atom. The molecule has 1 fully saturated rings.